The fourth-order valence-corrected chi connectivity index (χ4v) is 4.57. The van der Waals surface area contributed by atoms with Crippen molar-refractivity contribution in [3.8, 4) is 0 Å². The minimum Gasteiger partial charge on any atom is -0.348 e. The number of benzene rings is 1. The number of aromatic nitrogens is 2. The second kappa shape index (κ2) is 8.15. The number of H-pyrrole nitrogens is 1. The van der Waals surface area contributed by atoms with E-state index >= 15 is 0 Å². The molecule has 25 heavy (non-hydrogen) atoms. The number of likely N-dealkylation sites (tertiary alicyclic amines) is 2. The van der Waals surface area contributed by atoms with Gasteiger partial charge in [0.15, 0.2) is 0 Å². The predicted octanol–water partition coefficient (Wildman–Crippen LogP) is 3.19. The van der Waals surface area contributed by atoms with Crippen LogP contribution in [0.2, 0.25) is 0 Å². The third kappa shape index (κ3) is 4.50. The van der Waals surface area contributed by atoms with E-state index in [-0.39, 0.29) is 0 Å². The van der Waals surface area contributed by atoms with Crippen molar-refractivity contribution in [2.45, 2.75) is 32.2 Å². The van der Waals surface area contributed by atoms with Gasteiger partial charge in [-0.05, 0) is 62.7 Å². The second-order valence-corrected chi connectivity index (χ2v) is 7.73. The summed E-state index contributed by atoms with van der Waals surface area (Å²) in [5, 5.41) is 0. The highest BCUT2D eigenvalue weighted by atomic mass is 15.2. The molecule has 3 heterocycles. The van der Waals surface area contributed by atoms with Crippen molar-refractivity contribution in [2.75, 3.05) is 32.7 Å². The molecule has 0 spiro atoms. The average molecular weight is 338 g/mol. The summed E-state index contributed by atoms with van der Waals surface area (Å²) >= 11 is 0. The standard InChI is InChI=1S/C21H30N4/c1-2-4-18(5-3-1)6-12-24-13-7-19(8-14-24)20-9-15-25(16-20)17-21-22-10-11-23-21/h1-5,10-11,19-20H,6-9,12-17H2,(H,22,23)/t20-/m1/s1. The Kier molecular flexibility index (Phi) is 5.48. The molecule has 4 rings (SSSR count). The van der Waals surface area contributed by atoms with Gasteiger partial charge in [0.25, 0.3) is 0 Å². The van der Waals surface area contributed by atoms with Gasteiger partial charge in [0.2, 0.25) is 0 Å². The van der Waals surface area contributed by atoms with Crippen LogP contribution in [0.4, 0.5) is 0 Å². The molecule has 0 saturated carbocycles. The molecule has 1 N–H and O–H groups in total. The Bertz CT molecular complexity index is 617. The van der Waals surface area contributed by atoms with E-state index in [0.29, 0.717) is 0 Å². The molecule has 0 amide bonds. The van der Waals surface area contributed by atoms with Gasteiger partial charge in [-0.15, -0.1) is 0 Å². The highest BCUT2D eigenvalue weighted by Gasteiger charge is 2.31. The number of rotatable bonds is 6. The summed E-state index contributed by atoms with van der Waals surface area (Å²) in [5.74, 6) is 2.93. The van der Waals surface area contributed by atoms with Crippen LogP contribution in [0.5, 0.6) is 0 Å². The molecule has 2 aliphatic rings. The van der Waals surface area contributed by atoms with Crippen LogP contribution in [-0.2, 0) is 13.0 Å². The number of aromatic amines is 1. The zero-order chi connectivity index (χ0) is 16.9. The Labute approximate surface area is 151 Å². The number of piperidine rings is 1. The average Bonchev–Trinajstić information content (AvgIpc) is 3.34. The third-order valence-corrected chi connectivity index (χ3v) is 6.10. The Hall–Kier alpha value is -1.65. The van der Waals surface area contributed by atoms with Crippen molar-refractivity contribution in [1.29, 1.82) is 0 Å². The van der Waals surface area contributed by atoms with Crippen molar-refractivity contribution in [3.63, 3.8) is 0 Å². The van der Waals surface area contributed by atoms with Crippen LogP contribution < -0.4 is 0 Å². The van der Waals surface area contributed by atoms with Crippen LogP contribution in [0.25, 0.3) is 0 Å². The highest BCUT2D eigenvalue weighted by Crippen LogP contribution is 2.32. The first-order valence-electron chi connectivity index (χ1n) is 9.84. The lowest BCUT2D eigenvalue weighted by Crippen LogP contribution is -2.37. The van der Waals surface area contributed by atoms with Gasteiger partial charge >= 0.3 is 0 Å². The maximum atomic E-state index is 4.37. The summed E-state index contributed by atoms with van der Waals surface area (Å²) in [6.07, 6.45) is 9.10. The van der Waals surface area contributed by atoms with Gasteiger partial charge in [-0.2, -0.15) is 0 Å². The minimum absolute atomic E-state index is 0.895. The van der Waals surface area contributed by atoms with E-state index in [1.54, 1.807) is 0 Å². The molecule has 2 aliphatic heterocycles. The summed E-state index contributed by atoms with van der Waals surface area (Å²) in [7, 11) is 0. The van der Waals surface area contributed by atoms with E-state index in [1.807, 2.05) is 12.4 Å². The monoisotopic (exact) mass is 338 g/mol. The van der Waals surface area contributed by atoms with Gasteiger partial charge in [0.1, 0.15) is 5.82 Å². The maximum absolute atomic E-state index is 4.37. The Morgan fingerprint density at radius 1 is 0.960 bits per heavy atom. The summed E-state index contributed by atoms with van der Waals surface area (Å²) in [6.45, 7) is 7.26. The van der Waals surface area contributed by atoms with Crippen molar-refractivity contribution in [2.24, 2.45) is 11.8 Å². The van der Waals surface area contributed by atoms with Gasteiger partial charge < -0.3 is 9.88 Å². The second-order valence-electron chi connectivity index (χ2n) is 7.73. The normalized spacial score (nSPS) is 23.3. The molecule has 0 bridgehead atoms. The zero-order valence-corrected chi connectivity index (χ0v) is 15.1. The molecule has 1 aromatic heterocycles. The van der Waals surface area contributed by atoms with Gasteiger partial charge in [-0.3, -0.25) is 4.90 Å². The molecule has 4 nitrogen and oxygen atoms in total. The van der Waals surface area contributed by atoms with E-state index in [1.165, 1.54) is 64.0 Å². The van der Waals surface area contributed by atoms with E-state index in [4.69, 9.17) is 0 Å². The largest absolute Gasteiger partial charge is 0.348 e. The van der Waals surface area contributed by atoms with E-state index in [2.05, 4.69) is 50.1 Å². The van der Waals surface area contributed by atoms with E-state index in [0.717, 1.165) is 24.2 Å². The molecule has 1 atom stereocenters. The third-order valence-electron chi connectivity index (χ3n) is 6.10. The van der Waals surface area contributed by atoms with Gasteiger partial charge in [-0.25, -0.2) is 4.98 Å². The zero-order valence-electron chi connectivity index (χ0n) is 15.1. The molecule has 134 valence electrons. The smallest absolute Gasteiger partial charge is 0.120 e. The first-order chi connectivity index (χ1) is 12.4. The van der Waals surface area contributed by atoms with E-state index in [9.17, 15) is 0 Å². The topological polar surface area (TPSA) is 35.2 Å². The van der Waals surface area contributed by atoms with Crippen LogP contribution in [0, 0.1) is 11.8 Å². The lowest BCUT2D eigenvalue weighted by atomic mass is 9.83. The lowest BCUT2D eigenvalue weighted by Gasteiger charge is -2.35. The van der Waals surface area contributed by atoms with Crippen molar-refractivity contribution >= 4 is 0 Å². The summed E-state index contributed by atoms with van der Waals surface area (Å²) in [6, 6.07) is 10.9. The number of imidazole rings is 1. The fraction of sp³-hybridized carbons (Fsp3) is 0.571. The minimum atomic E-state index is 0.895. The van der Waals surface area contributed by atoms with Crippen LogP contribution in [0.1, 0.15) is 30.7 Å². The first-order valence-corrected chi connectivity index (χ1v) is 9.84. The molecule has 0 aliphatic carbocycles. The number of nitrogens with one attached hydrogen (secondary N) is 1. The lowest BCUT2D eigenvalue weighted by molar-refractivity contribution is 0.147. The molecular formula is C21H30N4. The van der Waals surface area contributed by atoms with Gasteiger partial charge in [0, 0.05) is 25.5 Å². The Morgan fingerprint density at radius 2 is 1.72 bits per heavy atom. The van der Waals surface area contributed by atoms with Crippen LogP contribution in [0.15, 0.2) is 42.7 Å². The molecule has 1 aromatic carbocycles. The fourth-order valence-electron chi connectivity index (χ4n) is 4.57. The maximum Gasteiger partial charge on any atom is 0.120 e. The van der Waals surface area contributed by atoms with Gasteiger partial charge in [0.05, 0.1) is 6.54 Å². The Morgan fingerprint density at radius 3 is 2.48 bits per heavy atom. The Balaban J connectivity index is 1.19. The van der Waals surface area contributed by atoms with Crippen molar-refractivity contribution < 1.29 is 0 Å². The van der Waals surface area contributed by atoms with Crippen molar-refractivity contribution in [1.82, 2.24) is 19.8 Å². The quantitative estimate of drug-likeness (QED) is 0.878. The molecule has 2 fully saturated rings. The summed E-state index contributed by atoms with van der Waals surface area (Å²) in [4.78, 5) is 12.8. The molecule has 4 heteroatoms. The molecule has 0 radical (unpaired) electrons. The molecule has 2 aromatic rings. The SMILES string of the molecule is c1ccc(CCN2CCC([C@@H]3CCN(Cc4ncc[nH]4)C3)CC2)cc1. The first kappa shape index (κ1) is 16.8. The van der Waals surface area contributed by atoms with Crippen LogP contribution in [-0.4, -0.2) is 52.5 Å². The predicted molar refractivity (Wildman–Crippen MR) is 101 cm³/mol. The summed E-state index contributed by atoms with van der Waals surface area (Å²) in [5.41, 5.74) is 1.47. The number of hydrogen-bond donors (Lipinski definition) is 1. The number of nitrogens with zero attached hydrogens (tertiary/aromatic N) is 3. The molecule has 0 unspecified atom stereocenters. The van der Waals surface area contributed by atoms with E-state index < -0.39 is 0 Å². The van der Waals surface area contributed by atoms with Crippen LogP contribution >= 0.6 is 0 Å². The van der Waals surface area contributed by atoms with Crippen LogP contribution in [0.3, 0.4) is 0 Å². The van der Waals surface area contributed by atoms with Crippen molar-refractivity contribution in [3.05, 3.63) is 54.1 Å². The van der Waals surface area contributed by atoms with Gasteiger partial charge in [-0.1, -0.05) is 30.3 Å². The molecular weight excluding hydrogens is 308 g/mol. The summed E-state index contributed by atoms with van der Waals surface area (Å²) < 4.78 is 0. The highest BCUT2D eigenvalue weighted by molar-refractivity contribution is 5.14. The molecule has 2 saturated heterocycles. The number of hydrogen-bond acceptors (Lipinski definition) is 3.